The van der Waals surface area contributed by atoms with Crippen molar-refractivity contribution in [3.8, 4) is 0 Å². The van der Waals surface area contributed by atoms with Crippen molar-refractivity contribution in [2.45, 2.75) is 51.5 Å². The molecule has 0 bridgehead atoms. The third-order valence-electron chi connectivity index (χ3n) is 6.64. The summed E-state index contributed by atoms with van der Waals surface area (Å²) in [6.45, 7) is 10.9. The highest BCUT2D eigenvalue weighted by atomic mass is 16.4. The molecule has 4 heterocycles. The predicted octanol–water partition coefficient (Wildman–Crippen LogP) is 2.87. The summed E-state index contributed by atoms with van der Waals surface area (Å²) in [5.41, 5.74) is 3.44. The topological polar surface area (TPSA) is 115 Å². The summed E-state index contributed by atoms with van der Waals surface area (Å²) < 4.78 is 0. The number of pyridine rings is 1. The average Bonchev–Trinajstić information content (AvgIpc) is 2.85. The van der Waals surface area contributed by atoms with Gasteiger partial charge in [0, 0.05) is 49.9 Å². The predicted molar refractivity (Wildman–Crippen MR) is 135 cm³/mol. The third kappa shape index (κ3) is 5.47. The van der Waals surface area contributed by atoms with Crippen molar-refractivity contribution in [1.29, 1.82) is 0 Å². The van der Waals surface area contributed by atoms with Crippen molar-refractivity contribution in [2.24, 2.45) is 0 Å². The molecule has 1 fully saturated rings. The van der Waals surface area contributed by atoms with Crippen LogP contribution >= 0.6 is 0 Å². The molecule has 2 aliphatic rings. The van der Waals surface area contributed by atoms with E-state index < -0.39 is 12.0 Å². The lowest BCUT2D eigenvalue weighted by Gasteiger charge is -2.34. The molecule has 9 nitrogen and oxygen atoms in total. The van der Waals surface area contributed by atoms with Gasteiger partial charge in [0.05, 0.1) is 0 Å². The van der Waals surface area contributed by atoms with E-state index in [4.69, 9.17) is 9.97 Å². The van der Waals surface area contributed by atoms with Crippen LogP contribution in [-0.2, 0) is 11.2 Å². The van der Waals surface area contributed by atoms with Crippen LogP contribution < -0.4 is 20.9 Å². The fourth-order valence-electron chi connectivity index (χ4n) is 4.72. The van der Waals surface area contributed by atoms with Gasteiger partial charge in [-0.1, -0.05) is 12.1 Å². The lowest BCUT2D eigenvalue weighted by molar-refractivity contribution is -0.139. The number of aryl methyl sites for hydroxylation is 2. The first-order valence-corrected chi connectivity index (χ1v) is 12.1. The Morgan fingerprint density at radius 3 is 2.82 bits per heavy atom. The highest BCUT2D eigenvalue weighted by molar-refractivity contribution is 5.74. The van der Waals surface area contributed by atoms with E-state index in [-0.39, 0.29) is 6.54 Å². The Morgan fingerprint density at radius 2 is 2.09 bits per heavy atom. The maximum absolute atomic E-state index is 11.5. The molecule has 0 amide bonds. The molecule has 0 radical (unpaired) electrons. The maximum atomic E-state index is 11.5. The first kappa shape index (κ1) is 23.9. The second-order valence-electron chi connectivity index (χ2n) is 9.07. The first-order chi connectivity index (χ1) is 16.5. The Morgan fingerprint density at radius 1 is 1.29 bits per heavy atom. The number of rotatable bonds is 9. The van der Waals surface area contributed by atoms with Crippen LogP contribution in [0.15, 0.2) is 24.8 Å². The van der Waals surface area contributed by atoms with Gasteiger partial charge >= 0.3 is 5.97 Å². The monoisotopic (exact) mass is 465 g/mol. The molecule has 182 valence electrons. The fraction of sp³-hybridized carbons (Fsp3) is 0.520. The van der Waals surface area contributed by atoms with Crippen LogP contribution in [-0.4, -0.2) is 64.8 Å². The number of aromatic nitrogens is 3. The van der Waals surface area contributed by atoms with Crippen LogP contribution in [0.5, 0.6) is 0 Å². The van der Waals surface area contributed by atoms with Crippen LogP contribution in [0.25, 0.3) is 0 Å². The SMILES string of the molecule is C=CCNC(CNc1nc(C)nc(N2CCC(c3ccc4c(n3)NCCC4)CC2)c1C)C(=O)O. The summed E-state index contributed by atoms with van der Waals surface area (Å²) in [7, 11) is 0. The molecule has 0 aliphatic carbocycles. The lowest BCUT2D eigenvalue weighted by atomic mass is 9.92. The highest BCUT2D eigenvalue weighted by Crippen LogP contribution is 2.33. The number of hydrogen-bond donors (Lipinski definition) is 4. The zero-order chi connectivity index (χ0) is 24.1. The van der Waals surface area contributed by atoms with Crippen LogP contribution in [0.2, 0.25) is 0 Å². The van der Waals surface area contributed by atoms with Gasteiger partial charge in [0.2, 0.25) is 0 Å². The molecule has 2 aliphatic heterocycles. The van der Waals surface area contributed by atoms with E-state index in [0.29, 0.717) is 24.1 Å². The summed E-state index contributed by atoms with van der Waals surface area (Å²) in [6.07, 6.45) is 5.96. The quantitative estimate of drug-likeness (QED) is 0.415. The van der Waals surface area contributed by atoms with E-state index in [0.717, 1.165) is 56.1 Å². The molecule has 1 atom stereocenters. The van der Waals surface area contributed by atoms with Gasteiger partial charge in [-0.25, -0.2) is 15.0 Å². The maximum Gasteiger partial charge on any atom is 0.322 e. The van der Waals surface area contributed by atoms with Crippen molar-refractivity contribution >= 4 is 23.4 Å². The number of nitrogens with one attached hydrogen (secondary N) is 3. The van der Waals surface area contributed by atoms with Gasteiger partial charge in [0.15, 0.2) is 0 Å². The van der Waals surface area contributed by atoms with Crippen LogP contribution in [0.3, 0.4) is 0 Å². The number of carboxylic acid groups (broad SMARTS) is 1. The standard InChI is InChI=1S/C25H35N7O2/c1-4-11-26-21(25(33)34)15-28-22-16(2)24(30-17(3)29-22)32-13-9-18(10-14-32)20-8-7-19-6-5-12-27-23(19)31-20/h4,7-8,18,21,26H,1,5-6,9-15H2,2-3H3,(H,27,31)(H,33,34)(H,28,29,30). The average molecular weight is 466 g/mol. The van der Waals surface area contributed by atoms with Crippen molar-refractivity contribution in [3.63, 3.8) is 0 Å². The summed E-state index contributed by atoms with van der Waals surface area (Å²) in [6, 6.07) is 3.71. The summed E-state index contributed by atoms with van der Waals surface area (Å²) in [5.74, 6) is 2.85. The van der Waals surface area contributed by atoms with Gasteiger partial charge in [0.1, 0.15) is 29.3 Å². The molecule has 1 saturated heterocycles. The normalized spacial score (nSPS) is 16.9. The molecule has 2 aromatic rings. The fourth-order valence-corrected chi connectivity index (χ4v) is 4.72. The van der Waals surface area contributed by atoms with E-state index in [9.17, 15) is 9.90 Å². The Balaban J connectivity index is 1.42. The Labute approximate surface area is 201 Å². The van der Waals surface area contributed by atoms with Gasteiger partial charge < -0.3 is 20.6 Å². The van der Waals surface area contributed by atoms with E-state index >= 15 is 0 Å². The third-order valence-corrected chi connectivity index (χ3v) is 6.64. The minimum absolute atomic E-state index is 0.222. The number of anilines is 3. The Kier molecular flexibility index (Phi) is 7.62. The molecule has 0 aromatic carbocycles. The van der Waals surface area contributed by atoms with Gasteiger partial charge in [-0.05, 0) is 51.2 Å². The lowest BCUT2D eigenvalue weighted by Crippen LogP contribution is -2.42. The molecular formula is C25H35N7O2. The van der Waals surface area contributed by atoms with E-state index in [1.54, 1.807) is 6.08 Å². The number of piperidine rings is 1. The van der Waals surface area contributed by atoms with Gasteiger partial charge in [-0.2, -0.15) is 0 Å². The number of aliphatic carboxylic acids is 1. The highest BCUT2D eigenvalue weighted by Gasteiger charge is 2.26. The number of carbonyl (C=O) groups is 1. The second-order valence-corrected chi connectivity index (χ2v) is 9.07. The number of carboxylic acids is 1. The molecule has 1 unspecified atom stereocenters. The molecule has 0 spiro atoms. The molecule has 4 rings (SSSR count). The molecule has 9 heteroatoms. The number of fused-ring (bicyclic) bond motifs is 1. The zero-order valence-corrected chi connectivity index (χ0v) is 20.1. The molecule has 34 heavy (non-hydrogen) atoms. The zero-order valence-electron chi connectivity index (χ0n) is 20.1. The molecular weight excluding hydrogens is 430 g/mol. The van der Waals surface area contributed by atoms with Crippen molar-refractivity contribution in [2.75, 3.05) is 48.3 Å². The molecule has 0 saturated carbocycles. The van der Waals surface area contributed by atoms with Crippen molar-refractivity contribution in [3.05, 3.63) is 47.4 Å². The smallest absolute Gasteiger partial charge is 0.322 e. The molecule has 2 aromatic heterocycles. The van der Waals surface area contributed by atoms with Gasteiger partial charge in [0.25, 0.3) is 0 Å². The Hall–Kier alpha value is -3.20. The first-order valence-electron chi connectivity index (χ1n) is 12.1. The summed E-state index contributed by atoms with van der Waals surface area (Å²) in [4.78, 5) is 28.0. The van der Waals surface area contributed by atoms with Gasteiger partial charge in [-0.15, -0.1) is 6.58 Å². The minimum Gasteiger partial charge on any atom is -0.480 e. The summed E-state index contributed by atoms with van der Waals surface area (Å²) >= 11 is 0. The summed E-state index contributed by atoms with van der Waals surface area (Å²) in [5, 5.41) is 19.1. The van der Waals surface area contributed by atoms with E-state index in [1.807, 2.05) is 13.8 Å². The van der Waals surface area contributed by atoms with Crippen molar-refractivity contribution in [1.82, 2.24) is 20.3 Å². The number of nitrogens with zero attached hydrogens (tertiary/aromatic N) is 4. The van der Waals surface area contributed by atoms with E-state index in [2.05, 4.69) is 44.5 Å². The Bertz CT molecular complexity index is 1030. The largest absolute Gasteiger partial charge is 0.480 e. The van der Waals surface area contributed by atoms with Crippen LogP contribution in [0.4, 0.5) is 17.5 Å². The van der Waals surface area contributed by atoms with Gasteiger partial charge in [-0.3, -0.25) is 10.1 Å². The second kappa shape index (κ2) is 10.8. The minimum atomic E-state index is -0.911. The van der Waals surface area contributed by atoms with Crippen LogP contribution in [0.1, 0.15) is 47.8 Å². The van der Waals surface area contributed by atoms with E-state index in [1.165, 1.54) is 17.7 Å². The molecule has 4 N–H and O–H groups in total. The van der Waals surface area contributed by atoms with Crippen molar-refractivity contribution < 1.29 is 9.90 Å². The van der Waals surface area contributed by atoms with Crippen LogP contribution in [0, 0.1) is 13.8 Å². The number of hydrogen-bond acceptors (Lipinski definition) is 8.